The Bertz CT molecular complexity index is 432. The average molecular weight is 256 g/mol. The molecule has 1 aromatic carbocycles. The van der Waals surface area contributed by atoms with Gasteiger partial charge in [-0.3, -0.25) is 0 Å². The number of aliphatic hydroxyl groups excluding tert-OH is 1. The Morgan fingerprint density at radius 3 is 2.24 bits per heavy atom. The minimum absolute atomic E-state index is 0.00697. The van der Waals surface area contributed by atoms with E-state index in [2.05, 4.69) is 13.8 Å². The lowest BCUT2D eigenvalue weighted by Gasteiger charge is -2.07. The van der Waals surface area contributed by atoms with Crippen LogP contribution in [0.5, 0.6) is 0 Å². The van der Waals surface area contributed by atoms with Gasteiger partial charge in [-0.15, -0.1) is 0 Å². The van der Waals surface area contributed by atoms with Crippen molar-refractivity contribution < 1.29 is 13.5 Å². The van der Waals surface area contributed by atoms with E-state index in [1.165, 1.54) is 0 Å². The molecule has 0 atom stereocenters. The molecule has 0 aromatic heterocycles. The van der Waals surface area contributed by atoms with E-state index in [1.54, 1.807) is 12.1 Å². The molecule has 0 aliphatic carbocycles. The highest BCUT2D eigenvalue weighted by Crippen LogP contribution is 2.15. The highest BCUT2D eigenvalue weighted by Gasteiger charge is 2.13. The number of aliphatic hydroxyl groups is 1. The third kappa shape index (κ3) is 4.48. The van der Waals surface area contributed by atoms with Crippen LogP contribution in [0.2, 0.25) is 0 Å². The molecule has 4 heteroatoms. The van der Waals surface area contributed by atoms with Gasteiger partial charge in [-0.25, -0.2) is 8.42 Å². The summed E-state index contributed by atoms with van der Waals surface area (Å²) in [6, 6.07) is 7.05. The van der Waals surface area contributed by atoms with Gasteiger partial charge in [-0.2, -0.15) is 0 Å². The van der Waals surface area contributed by atoms with Crippen LogP contribution in [-0.4, -0.2) is 25.9 Å². The first-order valence-electron chi connectivity index (χ1n) is 5.88. The Kier molecular flexibility index (Phi) is 5.15. The van der Waals surface area contributed by atoms with Crippen LogP contribution in [0.3, 0.4) is 0 Å². The van der Waals surface area contributed by atoms with Crippen LogP contribution in [0.25, 0.3) is 0 Å². The number of rotatable bonds is 6. The minimum atomic E-state index is -3.23. The summed E-state index contributed by atoms with van der Waals surface area (Å²) in [7, 11) is -3.23. The molecule has 1 rings (SSSR count). The smallest absolute Gasteiger partial charge is 0.178 e. The summed E-state index contributed by atoms with van der Waals surface area (Å²) in [5, 5.41) is 8.66. The highest BCUT2D eigenvalue weighted by atomic mass is 32.2. The molecule has 0 aliphatic heterocycles. The fourth-order valence-corrected chi connectivity index (χ4v) is 2.97. The maximum absolute atomic E-state index is 11.8. The molecule has 1 N–H and O–H groups in total. The fourth-order valence-electron chi connectivity index (χ4n) is 1.68. The first-order chi connectivity index (χ1) is 7.95. The van der Waals surface area contributed by atoms with Gasteiger partial charge in [-0.05, 0) is 36.5 Å². The first-order valence-corrected chi connectivity index (χ1v) is 7.53. The molecule has 96 valence electrons. The van der Waals surface area contributed by atoms with E-state index in [4.69, 9.17) is 5.11 Å². The maximum atomic E-state index is 11.8. The molecule has 3 nitrogen and oxygen atoms in total. The second kappa shape index (κ2) is 6.17. The Morgan fingerprint density at radius 1 is 1.18 bits per heavy atom. The molecule has 0 fully saturated rings. The van der Waals surface area contributed by atoms with Gasteiger partial charge in [0, 0.05) is 6.61 Å². The van der Waals surface area contributed by atoms with Crippen molar-refractivity contribution in [1.29, 1.82) is 0 Å². The Morgan fingerprint density at radius 2 is 1.76 bits per heavy atom. The zero-order chi connectivity index (χ0) is 12.9. The second-order valence-corrected chi connectivity index (χ2v) is 6.75. The van der Waals surface area contributed by atoms with Crippen molar-refractivity contribution >= 4 is 9.84 Å². The van der Waals surface area contributed by atoms with Gasteiger partial charge in [0.1, 0.15) is 0 Å². The number of hydrogen-bond acceptors (Lipinski definition) is 3. The van der Waals surface area contributed by atoms with E-state index in [9.17, 15) is 8.42 Å². The highest BCUT2D eigenvalue weighted by molar-refractivity contribution is 7.91. The molecule has 0 unspecified atom stereocenters. The molecular weight excluding hydrogens is 236 g/mol. The van der Waals surface area contributed by atoms with E-state index in [0.717, 1.165) is 12.0 Å². The fraction of sp³-hybridized carbons (Fsp3) is 0.538. The van der Waals surface area contributed by atoms with Crippen molar-refractivity contribution in [3.63, 3.8) is 0 Å². The third-order valence-electron chi connectivity index (χ3n) is 2.50. The van der Waals surface area contributed by atoms with Crippen molar-refractivity contribution in [2.45, 2.75) is 31.6 Å². The van der Waals surface area contributed by atoms with Gasteiger partial charge < -0.3 is 5.11 Å². The molecule has 17 heavy (non-hydrogen) atoms. The predicted octanol–water partition coefficient (Wildman–Crippen LogP) is 2.04. The summed E-state index contributed by atoms with van der Waals surface area (Å²) >= 11 is 0. The second-order valence-electron chi connectivity index (χ2n) is 4.64. The Balaban J connectivity index is 2.80. The average Bonchev–Trinajstić information content (AvgIpc) is 2.26. The summed E-state index contributed by atoms with van der Waals surface area (Å²) in [5.41, 5.74) is 1.15. The monoisotopic (exact) mass is 256 g/mol. The van der Waals surface area contributed by atoms with Gasteiger partial charge in [0.15, 0.2) is 9.84 Å². The largest absolute Gasteiger partial charge is 0.396 e. The summed E-state index contributed by atoms with van der Waals surface area (Å²) in [4.78, 5) is 0.346. The van der Waals surface area contributed by atoms with Crippen molar-refractivity contribution in [3.05, 3.63) is 29.8 Å². The van der Waals surface area contributed by atoms with Crippen LogP contribution in [0.15, 0.2) is 29.2 Å². The van der Waals surface area contributed by atoms with E-state index in [1.807, 2.05) is 12.1 Å². The van der Waals surface area contributed by atoms with E-state index >= 15 is 0 Å². The quantitative estimate of drug-likeness (QED) is 0.847. The first kappa shape index (κ1) is 14.2. The van der Waals surface area contributed by atoms with Crippen LogP contribution in [0, 0.1) is 5.92 Å². The zero-order valence-electron chi connectivity index (χ0n) is 10.4. The Hall–Kier alpha value is -0.870. The molecular formula is C13H20O3S. The van der Waals surface area contributed by atoms with Crippen LogP contribution >= 0.6 is 0 Å². The molecule has 0 aliphatic rings. The molecule has 0 saturated heterocycles. The van der Waals surface area contributed by atoms with Crippen LogP contribution in [0.1, 0.15) is 25.8 Å². The van der Waals surface area contributed by atoms with Gasteiger partial charge in [0.25, 0.3) is 0 Å². The number of hydrogen-bond donors (Lipinski definition) is 1. The molecule has 0 heterocycles. The summed E-state index contributed by atoms with van der Waals surface area (Å²) in [5.74, 6) is 0.569. The number of benzene rings is 1. The molecule has 1 aromatic rings. The molecule has 0 bridgehead atoms. The molecule has 0 spiro atoms. The third-order valence-corrected chi connectivity index (χ3v) is 4.31. The summed E-state index contributed by atoms with van der Waals surface area (Å²) in [6.45, 7) is 4.17. The van der Waals surface area contributed by atoms with Crippen molar-refractivity contribution in [3.8, 4) is 0 Å². The van der Waals surface area contributed by atoms with Crippen LogP contribution < -0.4 is 0 Å². The molecule has 0 radical (unpaired) electrons. The van der Waals surface area contributed by atoms with Gasteiger partial charge in [0.2, 0.25) is 0 Å². The predicted molar refractivity (Wildman–Crippen MR) is 68.7 cm³/mol. The standard InChI is InChI=1S/C13H20O3S/c1-11(2)10-12-4-6-13(7-5-12)17(15,16)9-3-8-14/h4-7,11,14H,3,8-10H2,1-2H3. The van der Waals surface area contributed by atoms with Crippen molar-refractivity contribution in [2.75, 3.05) is 12.4 Å². The van der Waals surface area contributed by atoms with E-state index < -0.39 is 9.84 Å². The lowest BCUT2D eigenvalue weighted by Crippen LogP contribution is -2.08. The SMILES string of the molecule is CC(C)Cc1ccc(S(=O)(=O)CCCO)cc1. The minimum Gasteiger partial charge on any atom is -0.396 e. The van der Waals surface area contributed by atoms with Crippen LogP contribution in [0.4, 0.5) is 0 Å². The molecule has 0 saturated carbocycles. The maximum Gasteiger partial charge on any atom is 0.178 e. The topological polar surface area (TPSA) is 54.4 Å². The van der Waals surface area contributed by atoms with E-state index in [0.29, 0.717) is 10.8 Å². The van der Waals surface area contributed by atoms with Gasteiger partial charge in [0.05, 0.1) is 10.6 Å². The van der Waals surface area contributed by atoms with E-state index in [-0.39, 0.29) is 18.8 Å². The van der Waals surface area contributed by atoms with Gasteiger partial charge >= 0.3 is 0 Å². The van der Waals surface area contributed by atoms with Crippen molar-refractivity contribution in [2.24, 2.45) is 5.92 Å². The van der Waals surface area contributed by atoms with Crippen molar-refractivity contribution in [1.82, 2.24) is 0 Å². The summed E-state index contributed by atoms with van der Waals surface area (Å²) < 4.78 is 23.6. The number of sulfone groups is 1. The lowest BCUT2D eigenvalue weighted by atomic mass is 10.0. The Labute approximate surface area is 103 Å². The normalized spacial score (nSPS) is 12.0. The molecule has 0 amide bonds. The lowest BCUT2D eigenvalue weighted by molar-refractivity contribution is 0.295. The summed E-state index contributed by atoms with van der Waals surface area (Å²) in [6.07, 6.45) is 1.24. The van der Waals surface area contributed by atoms with Gasteiger partial charge in [-0.1, -0.05) is 26.0 Å². The zero-order valence-corrected chi connectivity index (χ0v) is 11.2. The van der Waals surface area contributed by atoms with Crippen LogP contribution in [-0.2, 0) is 16.3 Å².